The number of hydrogen-bond donors (Lipinski definition) is 1. The molecule has 1 fully saturated rings. The standard InChI is InChI=1S/C20H24N2O4/c1-13-5-3-4-6-16(13)22-20(23)15(12-21)9-14-10-17(24-2)19-18(11-14)25-7-8-26-19/h9-11,13,16H,3-8H2,1-2H3,(H,22,23)/b15-9+/t13-,16-/m1/s1. The third-order valence-electron chi connectivity index (χ3n) is 4.95. The van der Waals surface area contributed by atoms with Crippen LogP contribution in [0, 0.1) is 17.2 Å². The number of benzene rings is 1. The van der Waals surface area contributed by atoms with E-state index in [1.54, 1.807) is 25.3 Å². The second-order valence-electron chi connectivity index (χ2n) is 6.76. The molecule has 26 heavy (non-hydrogen) atoms. The summed E-state index contributed by atoms with van der Waals surface area (Å²) in [4.78, 5) is 12.5. The van der Waals surface area contributed by atoms with E-state index in [0.29, 0.717) is 41.9 Å². The van der Waals surface area contributed by atoms with Gasteiger partial charge in [0.25, 0.3) is 5.91 Å². The fraction of sp³-hybridized carbons (Fsp3) is 0.500. The van der Waals surface area contributed by atoms with Crippen LogP contribution in [0.1, 0.15) is 38.2 Å². The smallest absolute Gasteiger partial charge is 0.262 e. The SMILES string of the molecule is COc1cc(/C=C(\C#N)C(=O)N[C@@H]2CCCC[C@H]2C)cc2c1OCCO2. The predicted octanol–water partition coefficient (Wildman–Crippen LogP) is 3.07. The first-order valence-corrected chi connectivity index (χ1v) is 9.02. The lowest BCUT2D eigenvalue weighted by Crippen LogP contribution is -2.41. The molecular weight excluding hydrogens is 332 g/mol. The highest BCUT2D eigenvalue weighted by Crippen LogP contribution is 2.40. The molecule has 0 unspecified atom stereocenters. The monoisotopic (exact) mass is 356 g/mol. The molecule has 0 bridgehead atoms. The molecule has 2 aliphatic rings. The number of nitrogens with one attached hydrogen (secondary N) is 1. The number of methoxy groups -OCH3 is 1. The predicted molar refractivity (Wildman–Crippen MR) is 97.1 cm³/mol. The lowest BCUT2D eigenvalue weighted by molar-refractivity contribution is -0.118. The number of rotatable bonds is 4. The van der Waals surface area contributed by atoms with Gasteiger partial charge in [0, 0.05) is 6.04 Å². The number of nitrogens with zero attached hydrogens (tertiary/aromatic N) is 1. The minimum absolute atomic E-state index is 0.0708. The fourth-order valence-corrected chi connectivity index (χ4v) is 3.47. The van der Waals surface area contributed by atoms with Crippen molar-refractivity contribution in [3.05, 3.63) is 23.3 Å². The van der Waals surface area contributed by atoms with Gasteiger partial charge in [-0.15, -0.1) is 0 Å². The first kappa shape index (κ1) is 18.1. The van der Waals surface area contributed by atoms with Gasteiger partial charge in [-0.05, 0) is 42.5 Å². The maximum Gasteiger partial charge on any atom is 0.262 e. The Bertz CT molecular complexity index is 734. The molecule has 1 amide bonds. The van der Waals surface area contributed by atoms with Crippen molar-refractivity contribution in [1.82, 2.24) is 5.32 Å². The molecular formula is C20H24N2O4. The third kappa shape index (κ3) is 3.93. The number of fused-ring (bicyclic) bond motifs is 1. The Morgan fingerprint density at radius 3 is 2.81 bits per heavy atom. The summed E-state index contributed by atoms with van der Waals surface area (Å²) in [5.41, 5.74) is 0.732. The van der Waals surface area contributed by atoms with Crippen LogP contribution in [0.2, 0.25) is 0 Å². The second-order valence-corrected chi connectivity index (χ2v) is 6.76. The zero-order valence-electron chi connectivity index (χ0n) is 15.2. The molecule has 1 aliphatic heterocycles. The molecule has 1 N–H and O–H groups in total. The van der Waals surface area contributed by atoms with E-state index < -0.39 is 0 Å². The molecule has 0 spiro atoms. The van der Waals surface area contributed by atoms with E-state index in [-0.39, 0.29) is 17.5 Å². The quantitative estimate of drug-likeness (QED) is 0.662. The summed E-state index contributed by atoms with van der Waals surface area (Å²) in [5.74, 6) is 1.73. The Hall–Kier alpha value is -2.68. The van der Waals surface area contributed by atoms with E-state index in [4.69, 9.17) is 14.2 Å². The summed E-state index contributed by atoms with van der Waals surface area (Å²) in [7, 11) is 1.55. The average molecular weight is 356 g/mol. The van der Waals surface area contributed by atoms with Gasteiger partial charge in [0.2, 0.25) is 5.75 Å². The van der Waals surface area contributed by atoms with Crippen LogP contribution >= 0.6 is 0 Å². The molecule has 0 radical (unpaired) electrons. The summed E-state index contributed by atoms with van der Waals surface area (Å²) >= 11 is 0. The van der Waals surface area contributed by atoms with E-state index in [2.05, 4.69) is 12.2 Å². The molecule has 2 atom stereocenters. The normalized spacial score (nSPS) is 22.3. The Balaban J connectivity index is 1.82. The molecule has 0 aromatic heterocycles. The second kappa shape index (κ2) is 8.13. The lowest BCUT2D eigenvalue weighted by Gasteiger charge is -2.29. The molecule has 138 valence electrons. The molecule has 6 nitrogen and oxygen atoms in total. The number of carbonyl (C=O) groups is 1. The van der Waals surface area contributed by atoms with Crippen LogP contribution in [0.4, 0.5) is 0 Å². The van der Waals surface area contributed by atoms with Gasteiger partial charge in [-0.2, -0.15) is 5.26 Å². The summed E-state index contributed by atoms with van der Waals surface area (Å²) < 4.78 is 16.5. The summed E-state index contributed by atoms with van der Waals surface area (Å²) in [6.45, 7) is 3.06. The highest BCUT2D eigenvalue weighted by Gasteiger charge is 2.24. The molecule has 6 heteroatoms. The molecule has 1 aliphatic carbocycles. The van der Waals surface area contributed by atoms with Gasteiger partial charge < -0.3 is 19.5 Å². The number of carbonyl (C=O) groups excluding carboxylic acids is 1. The first-order valence-electron chi connectivity index (χ1n) is 9.02. The van der Waals surface area contributed by atoms with E-state index in [1.807, 2.05) is 6.07 Å². The number of hydrogen-bond acceptors (Lipinski definition) is 5. The molecule has 1 heterocycles. The van der Waals surface area contributed by atoms with Crippen molar-refractivity contribution in [2.75, 3.05) is 20.3 Å². The van der Waals surface area contributed by atoms with Crippen LogP contribution in [0.25, 0.3) is 6.08 Å². The van der Waals surface area contributed by atoms with Crippen molar-refractivity contribution in [1.29, 1.82) is 5.26 Å². The van der Waals surface area contributed by atoms with Crippen LogP contribution in [0.5, 0.6) is 17.2 Å². The topological polar surface area (TPSA) is 80.6 Å². The zero-order valence-corrected chi connectivity index (χ0v) is 15.2. The number of amides is 1. The summed E-state index contributed by atoms with van der Waals surface area (Å²) in [5, 5.41) is 12.5. The Labute approximate surface area is 153 Å². The van der Waals surface area contributed by atoms with Crippen molar-refractivity contribution >= 4 is 12.0 Å². The lowest BCUT2D eigenvalue weighted by atomic mass is 9.86. The maximum atomic E-state index is 12.5. The number of nitriles is 1. The van der Waals surface area contributed by atoms with E-state index in [0.717, 1.165) is 19.3 Å². The fourth-order valence-electron chi connectivity index (χ4n) is 3.47. The maximum absolute atomic E-state index is 12.5. The molecule has 0 saturated heterocycles. The summed E-state index contributed by atoms with van der Waals surface area (Å²) in [6, 6.07) is 5.63. The average Bonchev–Trinajstić information content (AvgIpc) is 2.67. The van der Waals surface area contributed by atoms with Crippen LogP contribution in [-0.4, -0.2) is 32.3 Å². The summed E-state index contributed by atoms with van der Waals surface area (Å²) in [6.07, 6.45) is 5.94. The molecule has 3 rings (SSSR count). The number of ether oxygens (including phenoxy) is 3. The van der Waals surface area contributed by atoms with Gasteiger partial charge >= 0.3 is 0 Å². The van der Waals surface area contributed by atoms with Gasteiger partial charge in [0.1, 0.15) is 24.9 Å². The molecule has 1 aromatic carbocycles. The van der Waals surface area contributed by atoms with Crippen molar-refractivity contribution < 1.29 is 19.0 Å². The van der Waals surface area contributed by atoms with Gasteiger partial charge in [-0.3, -0.25) is 4.79 Å². The molecule has 1 aromatic rings. The largest absolute Gasteiger partial charge is 0.493 e. The van der Waals surface area contributed by atoms with Crippen molar-refractivity contribution in [3.63, 3.8) is 0 Å². The van der Waals surface area contributed by atoms with Crippen LogP contribution in [0.15, 0.2) is 17.7 Å². The zero-order chi connectivity index (χ0) is 18.5. The molecule has 1 saturated carbocycles. The van der Waals surface area contributed by atoms with Crippen molar-refractivity contribution in [3.8, 4) is 23.3 Å². The highest BCUT2D eigenvalue weighted by molar-refractivity contribution is 6.02. The minimum atomic E-state index is -0.333. The minimum Gasteiger partial charge on any atom is -0.493 e. The highest BCUT2D eigenvalue weighted by atomic mass is 16.6. The van der Waals surface area contributed by atoms with Crippen molar-refractivity contribution in [2.24, 2.45) is 5.92 Å². The van der Waals surface area contributed by atoms with Gasteiger partial charge in [0.05, 0.1) is 7.11 Å². The van der Waals surface area contributed by atoms with Gasteiger partial charge in [0.15, 0.2) is 11.5 Å². The Morgan fingerprint density at radius 1 is 1.31 bits per heavy atom. The van der Waals surface area contributed by atoms with Crippen LogP contribution in [0.3, 0.4) is 0 Å². The van der Waals surface area contributed by atoms with Crippen molar-refractivity contribution in [2.45, 2.75) is 38.6 Å². The van der Waals surface area contributed by atoms with Gasteiger partial charge in [-0.25, -0.2) is 0 Å². The third-order valence-corrected chi connectivity index (χ3v) is 4.95. The van der Waals surface area contributed by atoms with E-state index in [9.17, 15) is 10.1 Å². The Kier molecular flexibility index (Phi) is 5.67. The van der Waals surface area contributed by atoms with E-state index >= 15 is 0 Å². The van der Waals surface area contributed by atoms with Crippen LogP contribution < -0.4 is 19.5 Å². The van der Waals surface area contributed by atoms with Gasteiger partial charge in [-0.1, -0.05) is 19.8 Å². The Morgan fingerprint density at radius 2 is 2.08 bits per heavy atom. The first-order chi connectivity index (χ1) is 12.6. The van der Waals surface area contributed by atoms with E-state index in [1.165, 1.54) is 6.42 Å². The van der Waals surface area contributed by atoms with Crippen LogP contribution in [-0.2, 0) is 4.79 Å².